The van der Waals surface area contributed by atoms with Gasteiger partial charge in [0.15, 0.2) is 11.7 Å². The Kier molecular flexibility index (Phi) is 4.96. The highest BCUT2D eigenvalue weighted by Gasteiger charge is 2.36. The van der Waals surface area contributed by atoms with Gasteiger partial charge >= 0.3 is 0 Å². The zero-order valence-electron chi connectivity index (χ0n) is 18.2. The zero-order chi connectivity index (χ0) is 23.1. The van der Waals surface area contributed by atoms with Crippen LogP contribution in [-0.2, 0) is 4.84 Å². The fourth-order valence-corrected chi connectivity index (χ4v) is 4.25. The van der Waals surface area contributed by atoms with Gasteiger partial charge in [0.05, 0.1) is 11.1 Å². The second kappa shape index (κ2) is 8.28. The summed E-state index contributed by atoms with van der Waals surface area (Å²) in [6, 6.07) is 25.8. The lowest BCUT2D eigenvalue weighted by Gasteiger charge is -2.27. The number of fused-ring (bicyclic) bond motifs is 1. The number of aryl methyl sites for hydroxylation is 1. The average molecular weight is 467 g/mol. The Morgan fingerprint density at radius 2 is 1.76 bits per heavy atom. The van der Waals surface area contributed by atoms with Gasteiger partial charge < -0.3 is 4.84 Å². The molecule has 1 aliphatic heterocycles. The maximum Gasteiger partial charge on any atom is 0.235 e. The second-order valence-electron chi connectivity index (χ2n) is 8.02. The van der Waals surface area contributed by atoms with Crippen molar-refractivity contribution in [3.05, 3.63) is 113 Å². The van der Waals surface area contributed by atoms with E-state index < -0.39 is 6.23 Å². The molecule has 5 aromatic rings. The average Bonchev–Trinajstić information content (AvgIpc) is 3.55. The lowest BCUT2D eigenvalue weighted by molar-refractivity contribution is 0.0865. The summed E-state index contributed by atoms with van der Waals surface area (Å²) in [5.41, 5.74) is 4.65. The van der Waals surface area contributed by atoms with Crippen molar-refractivity contribution in [1.29, 1.82) is 0 Å². The molecule has 166 valence electrons. The Morgan fingerprint density at radius 1 is 0.941 bits per heavy atom. The summed E-state index contributed by atoms with van der Waals surface area (Å²) in [6.07, 6.45) is 2.54. The van der Waals surface area contributed by atoms with Crippen LogP contribution < -0.4 is 4.90 Å². The molecule has 1 aliphatic rings. The summed E-state index contributed by atoms with van der Waals surface area (Å²) in [5, 5.41) is 10.5. The van der Waals surface area contributed by atoms with Crippen LogP contribution in [0.25, 0.3) is 16.7 Å². The SMILES string of the molecule is Cc1ccc2nc(-n3cncn3)c(C3ON=C(c4ccccc4)N3c3ccc(Cl)cc3)cc2c1. The molecule has 7 nitrogen and oxygen atoms in total. The third-order valence-corrected chi connectivity index (χ3v) is 5.97. The molecule has 0 aliphatic carbocycles. The smallest absolute Gasteiger partial charge is 0.235 e. The first-order valence-corrected chi connectivity index (χ1v) is 11.2. The molecule has 0 saturated carbocycles. The van der Waals surface area contributed by atoms with Gasteiger partial charge in [-0.05, 0) is 49.4 Å². The van der Waals surface area contributed by atoms with Gasteiger partial charge in [-0.25, -0.2) is 14.6 Å². The van der Waals surface area contributed by atoms with Gasteiger partial charge in [0.2, 0.25) is 6.23 Å². The van der Waals surface area contributed by atoms with Crippen molar-refractivity contribution in [1.82, 2.24) is 19.7 Å². The van der Waals surface area contributed by atoms with Crippen LogP contribution in [0.2, 0.25) is 5.02 Å². The number of oxime groups is 1. The van der Waals surface area contributed by atoms with E-state index in [-0.39, 0.29) is 0 Å². The summed E-state index contributed by atoms with van der Waals surface area (Å²) < 4.78 is 1.65. The predicted octanol–water partition coefficient (Wildman–Crippen LogP) is 5.67. The molecule has 1 atom stereocenters. The molecule has 0 N–H and O–H groups in total. The van der Waals surface area contributed by atoms with Gasteiger partial charge in [-0.15, -0.1) is 0 Å². The molecule has 3 aromatic carbocycles. The number of aromatic nitrogens is 4. The Labute approximate surface area is 200 Å². The Morgan fingerprint density at radius 3 is 2.53 bits per heavy atom. The van der Waals surface area contributed by atoms with Crippen LogP contribution in [0.15, 0.2) is 96.7 Å². The molecule has 2 aromatic heterocycles. The van der Waals surface area contributed by atoms with Gasteiger partial charge in [0.25, 0.3) is 0 Å². The number of benzene rings is 3. The van der Waals surface area contributed by atoms with Gasteiger partial charge in [-0.2, -0.15) is 5.10 Å². The summed E-state index contributed by atoms with van der Waals surface area (Å²) in [4.78, 5) is 17.2. The fourth-order valence-electron chi connectivity index (χ4n) is 4.12. The summed E-state index contributed by atoms with van der Waals surface area (Å²) in [7, 11) is 0. The highest BCUT2D eigenvalue weighted by molar-refractivity contribution is 6.30. The van der Waals surface area contributed by atoms with E-state index in [1.54, 1.807) is 11.0 Å². The molecular weight excluding hydrogens is 448 g/mol. The molecule has 0 fully saturated rings. The minimum Gasteiger partial charge on any atom is -0.363 e. The Hall–Kier alpha value is -4.23. The first-order chi connectivity index (χ1) is 16.7. The van der Waals surface area contributed by atoms with E-state index >= 15 is 0 Å². The molecule has 3 heterocycles. The minimum atomic E-state index is -0.576. The van der Waals surface area contributed by atoms with Gasteiger partial charge in [0, 0.05) is 21.7 Å². The van der Waals surface area contributed by atoms with E-state index in [2.05, 4.69) is 34.3 Å². The zero-order valence-corrected chi connectivity index (χ0v) is 19.0. The number of anilines is 1. The molecule has 0 spiro atoms. The molecule has 0 saturated heterocycles. The number of hydrogen-bond acceptors (Lipinski definition) is 6. The van der Waals surface area contributed by atoms with Gasteiger partial charge in [-0.1, -0.05) is 58.7 Å². The van der Waals surface area contributed by atoms with E-state index in [0.717, 1.165) is 33.3 Å². The predicted molar refractivity (Wildman–Crippen MR) is 132 cm³/mol. The molecule has 1 unspecified atom stereocenters. The molecular formula is C26H19ClN6O. The van der Waals surface area contributed by atoms with Crippen molar-refractivity contribution in [3.8, 4) is 5.82 Å². The van der Waals surface area contributed by atoms with Crippen LogP contribution in [0, 0.1) is 6.92 Å². The second-order valence-corrected chi connectivity index (χ2v) is 8.46. The van der Waals surface area contributed by atoms with Gasteiger partial charge in [-0.3, -0.25) is 4.90 Å². The molecule has 8 heteroatoms. The lowest BCUT2D eigenvalue weighted by Crippen LogP contribution is -2.32. The monoisotopic (exact) mass is 466 g/mol. The number of nitrogens with zero attached hydrogens (tertiary/aromatic N) is 6. The van der Waals surface area contributed by atoms with E-state index in [1.807, 2.05) is 71.6 Å². The number of pyridine rings is 1. The topological polar surface area (TPSA) is 68.4 Å². The third kappa shape index (κ3) is 3.56. The number of halogens is 1. The van der Waals surface area contributed by atoms with Crippen LogP contribution >= 0.6 is 11.6 Å². The molecule has 34 heavy (non-hydrogen) atoms. The van der Waals surface area contributed by atoms with Crippen molar-refractivity contribution in [2.45, 2.75) is 13.2 Å². The van der Waals surface area contributed by atoms with Crippen molar-refractivity contribution >= 4 is 34.0 Å². The highest BCUT2D eigenvalue weighted by Crippen LogP contribution is 2.38. The maximum absolute atomic E-state index is 6.19. The van der Waals surface area contributed by atoms with Crippen LogP contribution in [-0.4, -0.2) is 25.6 Å². The fraction of sp³-hybridized carbons (Fsp3) is 0.0769. The summed E-state index contributed by atoms with van der Waals surface area (Å²) in [5.74, 6) is 1.32. The Balaban J connectivity index is 1.56. The van der Waals surface area contributed by atoms with Crippen molar-refractivity contribution in [2.75, 3.05) is 4.90 Å². The maximum atomic E-state index is 6.19. The van der Waals surface area contributed by atoms with Crippen LogP contribution in [0.4, 0.5) is 5.69 Å². The lowest BCUT2D eigenvalue weighted by atomic mass is 10.1. The highest BCUT2D eigenvalue weighted by atomic mass is 35.5. The van der Waals surface area contributed by atoms with Crippen LogP contribution in [0.5, 0.6) is 0 Å². The van der Waals surface area contributed by atoms with Crippen LogP contribution in [0.1, 0.15) is 22.9 Å². The van der Waals surface area contributed by atoms with Crippen molar-refractivity contribution in [2.24, 2.45) is 5.16 Å². The van der Waals surface area contributed by atoms with E-state index in [1.165, 1.54) is 6.33 Å². The number of hydrogen-bond donors (Lipinski definition) is 0. The number of rotatable bonds is 4. The summed E-state index contributed by atoms with van der Waals surface area (Å²) in [6.45, 7) is 2.06. The molecule has 0 radical (unpaired) electrons. The van der Waals surface area contributed by atoms with E-state index in [9.17, 15) is 0 Å². The number of amidine groups is 1. The Bertz CT molecular complexity index is 1500. The largest absolute Gasteiger partial charge is 0.363 e. The van der Waals surface area contributed by atoms with Crippen molar-refractivity contribution in [3.63, 3.8) is 0 Å². The van der Waals surface area contributed by atoms with E-state index in [4.69, 9.17) is 21.4 Å². The van der Waals surface area contributed by atoms with Crippen molar-refractivity contribution < 1.29 is 4.84 Å². The molecule has 0 amide bonds. The standard InChI is InChI=1S/C26H19ClN6O/c1-17-7-12-23-19(13-17)14-22(25(30-23)32-16-28-15-29-32)26-33(21-10-8-20(27)9-11-21)24(31-34-26)18-5-3-2-4-6-18/h2-16,26H,1H3. The molecule has 0 bridgehead atoms. The van der Waals surface area contributed by atoms with Gasteiger partial charge in [0.1, 0.15) is 12.7 Å². The normalized spacial score (nSPS) is 15.4. The first-order valence-electron chi connectivity index (χ1n) is 10.8. The quantitative estimate of drug-likeness (QED) is 0.341. The summed E-state index contributed by atoms with van der Waals surface area (Å²) >= 11 is 6.19. The minimum absolute atomic E-state index is 0.576. The first kappa shape index (κ1) is 20.4. The third-order valence-electron chi connectivity index (χ3n) is 5.72. The van der Waals surface area contributed by atoms with Crippen LogP contribution in [0.3, 0.4) is 0 Å². The van der Waals surface area contributed by atoms with E-state index in [0.29, 0.717) is 16.7 Å². The molecule has 6 rings (SSSR count).